The second kappa shape index (κ2) is 7.18. The van der Waals surface area contributed by atoms with Gasteiger partial charge in [-0.05, 0) is 59.6 Å². The van der Waals surface area contributed by atoms with Crippen molar-refractivity contribution >= 4 is 27.6 Å². The van der Waals surface area contributed by atoms with Crippen molar-refractivity contribution in [1.29, 1.82) is 0 Å². The number of hydrogen-bond donors (Lipinski definition) is 1. The quantitative estimate of drug-likeness (QED) is 0.454. The molecule has 1 heterocycles. The minimum Gasteiger partial charge on any atom is -0.426 e. The molecule has 0 aromatic heterocycles. The highest BCUT2D eigenvalue weighted by atomic mass is 32.2. The maximum atomic E-state index is 12.5. The molecule has 1 aliphatic heterocycles. The van der Waals surface area contributed by atoms with Gasteiger partial charge in [0.15, 0.2) is 0 Å². The Balaban J connectivity index is 1.64. The number of thiol groups is 1. The average Bonchev–Trinajstić information content (AvgIpc) is 3.17. The number of carbonyl (C=O) groups excluding carboxylic acids is 1. The molecule has 0 N–H and O–H groups in total. The van der Waals surface area contributed by atoms with Crippen LogP contribution < -0.4 is 4.74 Å². The molecule has 1 saturated heterocycles. The molecule has 0 atom stereocenters. The Morgan fingerprint density at radius 3 is 2.33 bits per heavy atom. The smallest absolute Gasteiger partial charge is 0.314 e. The predicted octanol–water partition coefficient (Wildman–Crippen LogP) is 5.48. The molecule has 0 radical (unpaired) electrons. The van der Waals surface area contributed by atoms with Crippen LogP contribution in [0, 0.1) is 5.92 Å². The summed E-state index contributed by atoms with van der Waals surface area (Å²) in [6.07, 6.45) is 8.26. The lowest BCUT2D eigenvalue weighted by atomic mass is 9.89. The van der Waals surface area contributed by atoms with Gasteiger partial charge in [0.1, 0.15) is 5.75 Å². The number of ether oxygens (including phenoxy) is 1. The fourth-order valence-corrected chi connectivity index (χ4v) is 6.85. The van der Waals surface area contributed by atoms with Gasteiger partial charge in [-0.25, -0.2) is 10.9 Å². The molecule has 1 saturated carbocycles. The molecule has 0 unspecified atom stereocenters. The summed E-state index contributed by atoms with van der Waals surface area (Å²) in [4.78, 5) is 14.0. The number of hydrogen-bond acceptors (Lipinski definition) is 2. The van der Waals surface area contributed by atoms with E-state index in [1.54, 1.807) is 0 Å². The predicted molar refractivity (Wildman–Crippen MR) is 102 cm³/mol. The highest BCUT2D eigenvalue weighted by molar-refractivity contribution is 8.17. The zero-order chi connectivity index (χ0) is 16.4. The minimum atomic E-state index is -0.0285. The normalized spacial score (nSPS) is 20.4. The van der Waals surface area contributed by atoms with E-state index in [2.05, 4.69) is 24.3 Å². The van der Waals surface area contributed by atoms with Crippen molar-refractivity contribution in [3.8, 4) is 5.75 Å². The molecule has 24 heavy (non-hydrogen) atoms. The number of fused-ring (bicyclic) bond motifs is 1. The topological polar surface area (TPSA) is 26.3 Å². The fourth-order valence-electron chi connectivity index (χ4n) is 4.11. The third-order valence-electron chi connectivity index (χ3n) is 5.46. The molecule has 2 aromatic rings. The molecule has 2 aromatic carbocycles. The molecule has 1 aliphatic carbocycles. The lowest BCUT2D eigenvalue weighted by Crippen LogP contribution is -2.22. The van der Waals surface area contributed by atoms with E-state index in [1.807, 2.05) is 12.1 Å². The first-order valence-corrected chi connectivity index (χ1v) is 11.0. The van der Waals surface area contributed by atoms with Crippen LogP contribution in [-0.4, -0.2) is 17.5 Å². The van der Waals surface area contributed by atoms with Crippen LogP contribution in [-0.2, 0) is 4.79 Å². The van der Waals surface area contributed by atoms with Crippen LogP contribution in [0.1, 0.15) is 44.9 Å². The van der Waals surface area contributed by atoms with Gasteiger partial charge in [0, 0.05) is 5.39 Å². The highest BCUT2D eigenvalue weighted by Crippen LogP contribution is 2.47. The summed E-state index contributed by atoms with van der Waals surface area (Å²) < 4.78 is 5.85. The molecule has 128 valence electrons. The summed E-state index contributed by atoms with van der Waals surface area (Å²) in [6, 6.07) is 12.7. The number of rotatable bonds is 3. The summed E-state index contributed by atoms with van der Waals surface area (Å²) in [5, 5.41) is 2.40. The molecule has 0 bridgehead atoms. The number of carbonyl (C=O) groups is 1. The van der Waals surface area contributed by atoms with Gasteiger partial charge in [0.2, 0.25) is 0 Å². The summed E-state index contributed by atoms with van der Waals surface area (Å²) in [7, 11) is -0.0254. The molecule has 0 amide bonds. The molecule has 0 spiro atoms. The first-order valence-electron chi connectivity index (χ1n) is 9.31. The van der Waals surface area contributed by atoms with Crippen LogP contribution >= 0.6 is 10.9 Å². The Hall–Kier alpha value is -1.48. The first kappa shape index (κ1) is 16.0. The Kier molecular flexibility index (Phi) is 4.79. The van der Waals surface area contributed by atoms with Crippen LogP contribution in [0.2, 0.25) is 0 Å². The van der Waals surface area contributed by atoms with Gasteiger partial charge in [0.25, 0.3) is 0 Å². The Morgan fingerprint density at radius 2 is 1.58 bits per heavy atom. The van der Waals surface area contributed by atoms with Gasteiger partial charge >= 0.3 is 5.97 Å². The van der Waals surface area contributed by atoms with Gasteiger partial charge in [-0.3, -0.25) is 4.79 Å². The van der Waals surface area contributed by atoms with Gasteiger partial charge in [-0.15, -0.1) is 0 Å². The lowest BCUT2D eigenvalue weighted by molar-refractivity contribution is -0.139. The van der Waals surface area contributed by atoms with E-state index in [4.69, 9.17) is 4.74 Å². The van der Waals surface area contributed by atoms with Gasteiger partial charge in [0.05, 0.1) is 5.92 Å². The fraction of sp³-hybridized carbons (Fsp3) is 0.476. The molecule has 2 fully saturated rings. The second-order valence-corrected chi connectivity index (χ2v) is 9.53. The van der Waals surface area contributed by atoms with E-state index in [1.165, 1.54) is 41.0 Å². The van der Waals surface area contributed by atoms with Crippen molar-refractivity contribution in [2.75, 3.05) is 11.5 Å². The molecule has 2 nitrogen and oxygen atoms in total. The van der Waals surface area contributed by atoms with Crippen LogP contribution in [0.15, 0.2) is 41.3 Å². The van der Waals surface area contributed by atoms with E-state index in [-0.39, 0.29) is 22.8 Å². The summed E-state index contributed by atoms with van der Waals surface area (Å²) >= 11 is 0. The Labute approximate surface area is 146 Å². The van der Waals surface area contributed by atoms with E-state index in [0.29, 0.717) is 0 Å². The van der Waals surface area contributed by atoms with E-state index in [9.17, 15) is 4.79 Å². The zero-order valence-electron chi connectivity index (χ0n) is 14.2. The van der Waals surface area contributed by atoms with Crippen LogP contribution in [0.4, 0.5) is 0 Å². The third-order valence-corrected chi connectivity index (χ3v) is 8.24. The molecular weight excluding hydrogens is 316 g/mol. The maximum absolute atomic E-state index is 12.5. The summed E-state index contributed by atoms with van der Waals surface area (Å²) in [5.41, 5.74) is 0. The molecule has 2 aliphatic rings. The van der Waals surface area contributed by atoms with Crippen LogP contribution in [0.5, 0.6) is 5.75 Å². The van der Waals surface area contributed by atoms with E-state index < -0.39 is 0 Å². The monoisotopic (exact) mass is 342 g/mol. The van der Waals surface area contributed by atoms with Crippen molar-refractivity contribution in [3.05, 3.63) is 36.4 Å². The molecule has 3 heteroatoms. The summed E-state index contributed by atoms with van der Waals surface area (Å²) in [5.74, 6) is 3.51. The van der Waals surface area contributed by atoms with Crippen molar-refractivity contribution in [1.82, 2.24) is 0 Å². The van der Waals surface area contributed by atoms with Crippen molar-refractivity contribution < 1.29 is 9.53 Å². The summed E-state index contributed by atoms with van der Waals surface area (Å²) in [6.45, 7) is 0. The number of benzene rings is 2. The number of esters is 1. The first-order chi connectivity index (χ1) is 11.8. The maximum Gasteiger partial charge on any atom is 0.314 e. The van der Waals surface area contributed by atoms with Gasteiger partial charge in [-0.2, -0.15) is 0 Å². The molecular formula is C21H26O2S. The minimum absolute atomic E-state index is 0.0254. The van der Waals surface area contributed by atoms with Gasteiger partial charge < -0.3 is 4.74 Å². The van der Waals surface area contributed by atoms with E-state index >= 15 is 0 Å². The zero-order valence-corrected chi connectivity index (χ0v) is 15.1. The second-order valence-electron chi connectivity index (χ2n) is 7.08. The Morgan fingerprint density at radius 1 is 0.875 bits per heavy atom. The molecule has 4 rings (SSSR count). The standard InChI is InChI=1S/C21H26O2S/c22-21(16-8-2-1-3-9-16)23-19-12-13-20(24-14-6-7-15-24)18-11-5-4-10-17(18)19/h4-5,10-13,16,24H,1-3,6-9,14-15H2. The van der Waals surface area contributed by atoms with Crippen LogP contribution in [0.3, 0.4) is 0 Å². The van der Waals surface area contributed by atoms with Crippen molar-refractivity contribution in [2.24, 2.45) is 5.92 Å². The largest absolute Gasteiger partial charge is 0.426 e. The van der Waals surface area contributed by atoms with Gasteiger partial charge in [-0.1, -0.05) is 43.5 Å². The Bertz CT molecular complexity index is 728. The average molecular weight is 343 g/mol. The van der Waals surface area contributed by atoms with Crippen LogP contribution in [0.25, 0.3) is 10.8 Å². The van der Waals surface area contributed by atoms with Crippen molar-refractivity contribution in [3.63, 3.8) is 0 Å². The highest BCUT2D eigenvalue weighted by Gasteiger charge is 2.24. The third kappa shape index (κ3) is 3.19. The van der Waals surface area contributed by atoms with Crippen molar-refractivity contribution in [2.45, 2.75) is 49.8 Å². The van der Waals surface area contributed by atoms with E-state index in [0.717, 1.165) is 36.8 Å². The lowest BCUT2D eigenvalue weighted by Gasteiger charge is -2.22. The SMILES string of the molecule is O=C(Oc1ccc([SH]2CCCC2)c2ccccc12)C1CCCCC1.